The fraction of sp³-hybridized carbons (Fsp3) is 0.280. The number of nitrogens with two attached hydrogens (primary N) is 1. The topological polar surface area (TPSA) is 108 Å². The van der Waals surface area contributed by atoms with E-state index in [2.05, 4.69) is 20.2 Å². The molecule has 2 N–H and O–H groups in total. The molecule has 0 aliphatic carbocycles. The maximum absolute atomic E-state index is 12.8. The van der Waals surface area contributed by atoms with Gasteiger partial charge < -0.3 is 19.9 Å². The highest BCUT2D eigenvalue weighted by molar-refractivity contribution is 5.98. The van der Waals surface area contributed by atoms with Crippen LogP contribution in [0.1, 0.15) is 16.8 Å². The Hall–Kier alpha value is -4.19. The number of aromatic nitrogens is 4. The zero-order valence-corrected chi connectivity index (χ0v) is 20.5. The molecule has 0 amide bonds. The second-order valence-corrected chi connectivity index (χ2v) is 8.51. The van der Waals surface area contributed by atoms with Gasteiger partial charge in [-0.2, -0.15) is 23.3 Å². The molecule has 0 fully saturated rings. The number of halogens is 3. The first kappa shape index (κ1) is 25.9. The molecule has 0 aliphatic heterocycles. The van der Waals surface area contributed by atoms with Crippen LogP contribution in [-0.4, -0.2) is 57.8 Å². The summed E-state index contributed by atoms with van der Waals surface area (Å²) in [6.07, 6.45) is -2.85. The summed E-state index contributed by atoms with van der Waals surface area (Å²) in [5.41, 5.74) is 8.01. The number of hydrogen-bond acceptors (Lipinski definition) is 7. The van der Waals surface area contributed by atoms with E-state index in [1.165, 1.54) is 12.1 Å². The second kappa shape index (κ2) is 10.8. The monoisotopic (exact) mass is 513 g/mol. The third-order valence-electron chi connectivity index (χ3n) is 5.52. The van der Waals surface area contributed by atoms with Crippen LogP contribution in [0.2, 0.25) is 0 Å². The largest absolute Gasteiger partial charge is 0.487 e. The smallest absolute Gasteiger partial charge is 0.416 e. The van der Waals surface area contributed by atoms with Gasteiger partial charge in [0.05, 0.1) is 29.6 Å². The molecule has 0 radical (unpaired) electrons. The number of nitrogens with zero attached hydrogens (tertiary/aromatic N) is 6. The molecule has 0 spiro atoms. The third-order valence-corrected chi connectivity index (χ3v) is 5.52. The Morgan fingerprint density at radius 2 is 1.92 bits per heavy atom. The van der Waals surface area contributed by atoms with Crippen molar-refractivity contribution in [1.82, 2.24) is 24.8 Å². The Morgan fingerprint density at radius 3 is 2.62 bits per heavy atom. The van der Waals surface area contributed by atoms with Gasteiger partial charge in [-0.3, -0.25) is 9.67 Å². The Balaban J connectivity index is 1.50. The minimum Gasteiger partial charge on any atom is -0.487 e. The molecule has 0 saturated carbocycles. The minimum absolute atomic E-state index is 0.0321. The summed E-state index contributed by atoms with van der Waals surface area (Å²) in [6, 6.07) is 11.8. The first-order valence-electron chi connectivity index (χ1n) is 11.3. The van der Waals surface area contributed by atoms with E-state index < -0.39 is 11.7 Å². The summed E-state index contributed by atoms with van der Waals surface area (Å²) in [4.78, 5) is 10.9. The number of hydrogen-bond donors (Lipinski definition) is 1. The number of aliphatic imine (C=N–C) groups is 1. The molecular weight excluding hydrogens is 487 g/mol. The first-order valence-corrected chi connectivity index (χ1v) is 11.3. The molecule has 0 bridgehead atoms. The van der Waals surface area contributed by atoms with Crippen LogP contribution in [0, 0.1) is 0 Å². The van der Waals surface area contributed by atoms with Gasteiger partial charge in [0.25, 0.3) is 5.89 Å². The van der Waals surface area contributed by atoms with E-state index in [0.29, 0.717) is 35.0 Å². The van der Waals surface area contributed by atoms with Crippen LogP contribution in [0.5, 0.6) is 5.75 Å². The number of likely N-dealkylation sites (N-methyl/N-ethyl adjacent to an activating group) is 1. The average molecular weight is 514 g/mol. The van der Waals surface area contributed by atoms with Crippen molar-refractivity contribution in [3.63, 3.8) is 0 Å². The summed E-state index contributed by atoms with van der Waals surface area (Å²) in [7, 11) is 5.65. The second-order valence-electron chi connectivity index (χ2n) is 8.51. The zero-order chi connectivity index (χ0) is 26.6. The van der Waals surface area contributed by atoms with E-state index in [1.54, 1.807) is 17.9 Å². The Morgan fingerprint density at radius 1 is 1.16 bits per heavy atom. The van der Waals surface area contributed by atoms with E-state index in [4.69, 9.17) is 15.0 Å². The van der Waals surface area contributed by atoms with Gasteiger partial charge in [0.15, 0.2) is 0 Å². The highest BCUT2D eigenvalue weighted by Gasteiger charge is 2.30. The van der Waals surface area contributed by atoms with Crippen LogP contribution in [0.3, 0.4) is 0 Å². The van der Waals surface area contributed by atoms with Crippen LogP contribution in [-0.2, 0) is 19.8 Å². The number of rotatable bonds is 9. The molecule has 12 heteroatoms. The lowest BCUT2D eigenvalue weighted by Gasteiger charge is -2.10. The molecule has 2 heterocycles. The van der Waals surface area contributed by atoms with Gasteiger partial charge in [0.1, 0.15) is 18.2 Å². The molecule has 194 valence electrons. The Bertz CT molecular complexity index is 1380. The SMILES string of the molecule is CN(C)CCN=C(N)c1cccc(-c2noc(-c3cnn(C)c3COc3ccc(C(F)(F)F)cc3)n2)c1. The fourth-order valence-corrected chi connectivity index (χ4v) is 3.43. The molecule has 2 aromatic carbocycles. The van der Waals surface area contributed by atoms with Gasteiger partial charge in [-0.05, 0) is 44.4 Å². The van der Waals surface area contributed by atoms with Crippen molar-refractivity contribution < 1.29 is 22.4 Å². The molecule has 9 nitrogen and oxygen atoms in total. The summed E-state index contributed by atoms with van der Waals surface area (Å²) in [6.45, 7) is 1.39. The van der Waals surface area contributed by atoms with E-state index in [9.17, 15) is 13.2 Å². The van der Waals surface area contributed by atoms with Crippen LogP contribution in [0.25, 0.3) is 22.8 Å². The molecule has 37 heavy (non-hydrogen) atoms. The molecule has 0 saturated heterocycles. The van der Waals surface area contributed by atoms with Crippen molar-refractivity contribution in [3.8, 4) is 28.6 Å². The predicted molar refractivity (Wildman–Crippen MR) is 132 cm³/mol. The van der Waals surface area contributed by atoms with Gasteiger partial charge in [0, 0.05) is 24.7 Å². The van der Waals surface area contributed by atoms with Crippen molar-refractivity contribution in [2.24, 2.45) is 17.8 Å². The van der Waals surface area contributed by atoms with Gasteiger partial charge in [-0.25, -0.2) is 0 Å². The standard InChI is InChI=1S/C25H26F3N7O2/c1-34(2)12-11-30-22(29)16-5-4-6-17(13-16)23-32-24(37-33-23)20-14-31-35(3)21(20)15-36-19-9-7-18(8-10-19)25(26,27)28/h4-10,13-14H,11-12,15H2,1-3H3,(H2,29,30). The quantitative estimate of drug-likeness (QED) is 0.266. The van der Waals surface area contributed by atoms with Gasteiger partial charge >= 0.3 is 6.18 Å². The molecular formula is C25H26F3N7O2. The maximum atomic E-state index is 12.8. The summed E-state index contributed by atoms with van der Waals surface area (Å²) < 4.78 is 51.2. The lowest BCUT2D eigenvalue weighted by molar-refractivity contribution is -0.137. The van der Waals surface area contributed by atoms with Gasteiger partial charge in [0.2, 0.25) is 5.82 Å². The number of amidine groups is 1. The Kier molecular flexibility index (Phi) is 7.58. The van der Waals surface area contributed by atoms with E-state index in [0.717, 1.165) is 24.2 Å². The molecule has 4 rings (SSSR count). The summed E-state index contributed by atoms with van der Waals surface area (Å²) >= 11 is 0. The Labute approximate surface area is 211 Å². The number of benzene rings is 2. The molecule has 4 aromatic rings. The third kappa shape index (κ3) is 6.33. The minimum atomic E-state index is -4.41. The van der Waals surface area contributed by atoms with Crippen LogP contribution in [0.4, 0.5) is 13.2 Å². The summed E-state index contributed by atoms with van der Waals surface area (Å²) in [5.74, 6) is 1.29. The number of aryl methyl sites for hydroxylation is 1. The molecule has 0 atom stereocenters. The lowest BCUT2D eigenvalue weighted by Crippen LogP contribution is -2.19. The number of ether oxygens (including phenoxy) is 1. The predicted octanol–water partition coefficient (Wildman–Crippen LogP) is 4.00. The van der Waals surface area contributed by atoms with E-state index >= 15 is 0 Å². The van der Waals surface area contributed by atoms with Gasteiger partial charge in [-0.1, -0.05) is 23.4 Å². The van der Waals surface area contributed by atoms with Crippen molar-refractivity contribution in [3.05, 3.63) is 71.5 Å². The lowest BCUT2D eigenvalue weighted by atomic mass is 10.1. The number of alkyl halides is 3. The zero-order valence-electron chi connectivity index (χ0n) is 20.5. The molecule has 2 aromatic heterocycles. The first-order chi connectivity index (χ1) is 17.6. The highest BCUT2D eigenvalue weighted by atomic mass is 19.4. The van der Waals surface area contributed by atoms with Crippen molar-refractivity contribution in [2.45, 2.75) is 12.8 Å². The average Bonchev–Trinajstić information content (AvgIpc) is 3.49. The van der Waals surface area contributed by atoms with Crippen LogP contribution in [0.15, 0.2) is 64.2 Å². The van der Waals surface area contributed by atoms with Crippen LogP contribution >= 0.6 is 0 Å². The van der Waals surface area contributed by atoms with Crippen molar-refractivity contribution in [1.29, 1.82) is 0 Å². The van der Waals surface area contributed by atoms with E-state index in [-0.39, 0.29) is 18.2 Å². The van der Waals surface area contributed by atoms with E-state index in [1.807, 2.05) is 43.3 Å². The van der Waals surface area contributed by atoms with Gasteiger partial charge in [-0.15, -0.1) is 0 Å². The normalized spacial score (nSPS) is 12.4. The van der Waals surface area contributed by atoms with Crippen LogP contribution < -0.4 is 10.5 Å². The highest BCUT2D eigenvalue weighted by Crippen LogP contribution is 2.31. The molecule has 0 aliphatic rings. The van der Waals surface area contributed by atoms with Crippen molar-refractivity contribution >= 4 is 5.84 Å². The maximum Gasteiger partial charge on any atom is 0.416 e. The fourth-order valence-electron chi connectivity index (χ4n) is 3.43. The van der Waals surface area contributed by atoms with Crippen molar-refractivity contribution in [2.75, 3.05) is 27.2 Å². The molecule has 0 unspecified atom stereocenters. The summed E-state index contributed by atoms with van der Waals surface area (Å²) in [5, 5.41) is 8.33.